The van der Waals surface area contributed by atoms with Crippen LogP contribution < -0.4 is 0 Å². The predicted molar refractivity (Wildman–Crippen MR) is 71.9 cm³/mol. The third-order valence-corrected chi connectivity index (χ3v) is 7.00. The summed E-state index contributed by atoms with van der Waals surface area (Å²) in [6, 6.07) is 4.64. The summed E-state index contributed by atoms with van der Waals surface area (Å²) in [5.41, 5.74) is 0.603. The van der Waals surface area contributed by atoms with Gasteiger partial charge in [-0.3, -0.25) is 0 Å². The van der Waals surface area contributed by atoms with Gasteiger partial charge in [0.15, 0.2) is 0 Å². The second-order valence-electron chi connectivity index (χ2n) is 6.30. The monoisotopic (exact) mass is 296 g/mol. The molecule has 0 nitrogen and oxygen atoms in total. The van der Waals surface area contributed by atoms with Crippen LogP contribution in [-0.2, 0) is 5.41 Å². The summed E-state index contributed by atoms with van der Waals surface area (Å²) in [6.07, 6.45) is 9.12. The number of hydrogen-bond acceptors (Lipinski definition) is 1. The summed E-state index contributed by atoms with van der Waals surface area (Å²) in [4.78, 5) is 1.68. The van der Waals surface area contributed by atoms with Gasteiger partial charge in [0.2, 0.25) is 0 Å². The molecule has 86 valence electrons. The van der Waals surface area contributed by atoms with Crippen LogP contribution in [0.5, 0.6) is 0 Å². The molecule has 0 radical (unpaired) electrons. The predicted octanol–water partition coefficient (Wildman–Crippen LogP) is 4.98. The number of thiophene rings is 1. The lowest BCUT2D eigenvalue weighted by Crippen LogP contribution is -2.48. The van der Waals surface area contributed by atoms with Crippen molar-refractivity contribution in [1.29, 1.82) is 0 Å². The first-order valence-electron chi connectivity index (χ1n) is 6.49. The molecular formula is C14H17BrS. The quantitative estimate of drug-likeness (QED) is 0.686. The first-order valence-corrected chi connectivity index (χ1v) is 8.10. The van der Waals surface area contributed by atoms with E-state index in [4.69, 9.17) is 0 Å². The van der Waals surface area contributed by atoms with Crippen molar-refractivity contribution < 1.29 is 0 Å². The van der Waals surface area contributed by atoms with Crippen LogP contribution in [0.1, 0.15) is 43.4 Å². The Morgan fingerprint density at radius 1 is 1.00 bits per heavy atom. The van der Waals surface area contributed by atoms with Gasteiger partial charge < -0.3 is 0 Å². The first kappa shape index (κ1) is 10.1. The van der Waals surface area contributed by atoms with Crippen LogP contribution in [0.2, 0.25) is 0 Å². The maximum Gasteiger partial charge on any atom is 0.0701 e. The van der Waals surface area contributed by atoms with Crippen LogP contribution >= 0.6 is 27.3 Å². The SMILES string of the molecule is Brc1ccc(C23CC4CC(CC(C4)C2)C3)s1. The van der Waals surface area contributed by atoms with E-state index in [0.29, 0.717) is 5.41 Å². The van der Waals surface area contributed by atoms with Gasteiger partial charge in [0.1, 0.15) is 0 Å². The first-order chi connectivity index (χ1) is 7.73. The minimum absolute atomic E-state index is 0.603. The zero-order valence-electron chi connectivity index (χ0n) is 9.42. The molecule has 2 heteroatoms. The molecule has 0 unspecified atom stereocenters. The molecule has 0 spiro atoms. The van der Waals surface area contributed by atoms with Gasteiger partial charge in [0.25, 0.3) is 0 Å². The maximum absolute atomic E-state index is 3.63. The molecule has 0 saturated heterocycles. The molecule has 0 N–H and O–H groups in total. The van der Waals surface area contributed by atoms with Crippen molar-refractivity contribution in [2.24, 2.45) is 17.8 Å². The standard InChI is InChI=1S/C14H17BrS/c15-13-2-1-12(16-13)14-6-9-3-10(7-14)5-11(4-9)8-14/h1-2,9-11H,3-8H2. The van der Waals surface area contributed by atoms with Crippen molar-refractivity contribution in [2.45, 2.75) is 43.9 Å². The zero-order valence-corrected chi connectivity index (χ0v) is 11.8. The van der Waals surface area contributed by atoms with Gasteiger partial charge >= 0.3 is 0 Å². The van der Waals surface area contributed by atoms with E-state index in [-0.39, 0.29) is 0 Å². The molecule has 4 bridgehead atoms. The average molecular weight is 297 g/mol. The van der Waals surface area contributed by atoms with Crippen LogP contribution in [0.15, 0.2) is 15.9 Å². The molecule has 5 rings (SSSR count). The molecule has 0 aromatic carbocycles. The Kier molecular flexibility index (Phi) is 2.12. The highest BCUT2D eigenvalue weighted by atomic mass is 79.9. The van der Waals surface area contributed by atoms with Gasteiger partial charge in [-0.25, -0.2) is 0 Å². The van der Waals surface area contributed by atoms with Crippen molar-refractivity contribution in [3.05, 3.63) is 20.8 Å². The summed E-state index contributed by atoms with van der Waals surface area (Å²) >= 11 is 5.62. The molecule has 4 aliphatic rings. The van der Waals surface area contributed by atoms with E-state index in [2.05, 4.69) is 28.1 Å². The van der Waals surface area contributed by atoms with Crippen molar-refractivity contribution in [3.8, 4) is 0 Å². The summed E-state index contributed by atoms with van der Waals surface area (Å²) < 4.78 is 1.32. The summed E-state index contributed by atoms with van der Waals surface area (Å²) in [5, 5.41) is 0. The Morgan fingerprint density at radius 3 is 2.00 bits per heavy atom. The molecule has 1 aromatic rings. The third-order valence-electron chi connectivity index (χ3n) is 5.13. The maximum atomic E-state index is 3.63. The zero-order chi connectivity index (χ0) is 10.8. The molecule has 0 atom stereocenters. The van der Waals surface area contributed by atoms with E-state index in [1.165, 1.54) is 23.0 Å². The Morgan fingerprint density at radius 2 is 1.56 bits per heavy atom. The highest BCUT2D eigenvalue weighted by Gasteiger charge is 2.52. The van der Waals surface area contributed by atoms with Gasteiger partial charge in [-0.2, -0.15) is 0 Å². The topological polar surface area (TPSA) is 0 Å². The Bertz CT molecular complexity index is 385. The van der Waals surface area contributed by atoms with Gasteiger partial charge in [-0.1, -0.05) is 0 Å². The fourth-order valence-corrected chi connectivity index (χ4v) is 6.62. The molecular weight excluding hydrogens is 280 g/mol. The lowest BCUT2D eigenvalue weighted by molar-refractivity contribution is -0.00346. The van der Waals surface area contributed by atoms with E-state index in [1.54, 1.807) is 24.1 Å². The minimum Gasteiger partial charge on any atom is -0.133 e. The normalized spacial score (nSPS) is 45.2. The highest BCUT2D eigenvalue weighted by Crippen LogP contribution is 2.61. The van der Waals surface area contributed by atoms with Crippen molar-refractivity contribution >= 4 is 27.3 Å². The van der Waals surface area contributed by atoms with E-state index < -0.39 is 0 Å². The molecule has 0 amide bonds. The second kappa shape index (κ2) is 3.35. The van der Waals surface area contributed by atoms with Gasteiger partial charge in [0, 0.05) is 10.3 Å². The Labute approximate surface area is 110 Å². The minimum atomic E-state index is 0.603. The molecule has 4 saturated carbocycles. The fourth-order valence-electron chi connectivity index (χ4n) is 5.01. The molecule has 16 heavy (non-hydrogen) atoms. The van der Waals surface area contributed by atoms with Gasteiger partial charge in [0.05, 0.1) is 3.79 Å². The Hall–Kier alpha value is 0.180. The molecule has 1 heterocycles. The van der Waals surface area contributed by atoms with E-state index in [0.717, 1.165) is 17.8 Å². The summed E-state index contributed by atoms with van der Waals surface area (Å²) in [6.45, 7) is 0. The molecule has 4 fully saturated rings. The second-order valence-corrected chi connectivity index (χ2v) is 8.76. The molecule has 1 aromatic heterocycles. The fraction of sp³-hybridized carbons (Fsp3) is 0.714. The average Bonchev–Trinajstić information content (AvgIpc) is 2.63. The number of halogens is 1. The van der Waals surface area contributed by atoms with Crippen LogP contribution in [0.4, 0.5) is 0 Å². The van der Waals surface area contributed by atoms with Gasteiger partial charge in [-0.15, -0.1) is 11.3 Å². The number of hydrogen-bond donors (Lipinski definition) is 0. The van der Waals surface area contributed by atoms with Crippen LogP contribution in [0.3, 0.4) is 0 Å². The summed E-state index contributed by atoms with van der Waals surface area (Å²) in [7, 11) is 0. The van der Waals surface area contributed by atoms with E-state index >= 15 is 0 Å². The number of rotatable bonds is 1. The molecule has 4 aliphatic carbocycles. The van der Waals surface area contributed by atoms with Gasteiger partial charge in [-0.05, 0) is 84.3 Å². The lowest BCUT2D eigenvalue weighted by atomic mass is 9.49. The van der Waals surface area contributed by atoms with Crippen molar-refractivity contribution in [2.75, 3.05) is 0 Å². The van der Waals surface area contributed by atoms with Crippen LogP contribution in [0, 0.1) is 17.8 Å². The van der Waals surface area contributed by atoms with Crippen molar-refractivity contribution in [1.82, 2.24) is 0 Å². The largest absolute Gasteiger partial charge is 0.133 e. The van der Waals surface area contributed by atoms with Crippen molar-refractivity contribution in [3.63, 3.8) is 0 Å². The van der Waals surface area contributed by atoms with Crippen LogP contribution in [0.25, 0.3) is 0 Å². The smallest absolute Gasteiger partial charge is 0.0701 e. The Balaban J connectivity index is 1.76. The molecule has 0 aliphatic heterocycles. The summed E-state index contributed by atoms with van der Waals surface area (Å²) in [5.74, 6) is 3.19. The highest BCUT2D eigenvalue weighted by molar-refractivity contribution is 9.11. The van der Waals surface area contributed by atoms with E-state index in [1.807, 2.05) is 11.3 Å². The third kappa shape index (κ3) is 1.38. The van der Waals surface area contributed by atoms with E-state index in [9.17, 15) is 0 Å². The van der Waals surface area contributed by atoms with Crippen LogP contribution in [-0.4, -0.2) is 0 Å². The lowest BCUT2D eigenvalue weighted by Gasteiger charge is -2.56.